The van der Waals surface area contributed by atoms with Crippen LogP contribution in [0.5, 0.6) is 0 Å². The lowest BCUT2D eigenvalue weighted by Crippen LogP contribution is -2.29. The Morgan fingerprint density at radius 1 is 1.26 bits per heavy atom. The molecule has 0 unspecified atom stereocenters. The molecule has 2 N–H and O–H groups in total. The van der Waals surface area contributed by atoms with Gasteiger partial charge in [0.05, 0.1) is 12.5 Å². The minimum Gasteiger partial charge on any atom is -0.481 e. The summed E-state index contributed by atoms with van der Waals surface area (Å²) in [7, 11) is 0. The number of rotatable bonds is 7. The molecule has 1 rings (SSSR count). The average molecular weight is 263 g/mol. The molecule has 0 aliphatic rings. The number of nitrogens with one attached hydrogen (secondary N) is 1. The fraction of sp³-hybridized carbons (Fsp3) is 0.467. The molecule has 1 aromatic rings. The highest BCUT2D eigenvalue weighted by atomic mass is 16.4. The monoisotopic (exact) mass is 263 g/mol. The van der Waals surface area contributed by atoms with Crippen molar-refractivity contribution in [2.24, 2.45) is 0 Å². The van der Waals surface area contributed by atoms with Gasteiger partial charge in [0.2, 0.25) is 5.91 Å². The van der Waals surface area contributed by atoms with Crippen molar-refractivity contribution in [1.29, 1.82) is 0 Å². The molecule has 0 spiro atoms. The molecular weight excluding hydrogens is 242 g/mol. The highest BCUT2D eigenvalue weighted by molar-refractivity contribution is 5.77. The van der Waals surface area contributed by atoms with Gasteiger partial charge >= 0.3 is 5.97 Å². The Bertz CT molecular complexity index is 426. The van der Waals surface area contributed by atoms with Gasteiger partial charge in [-0.05, 0) is 18.9 Å². The van der Waals surface area contributed by atoms with E-state index in [9.17, 15) is 9.59 Å². The van der Waals surface area contributed by atoms with Gasteiger partial charge in [-0.1, -0.05) is 43.2 Å². The van der Waals surface area contributed by atoms with Crippen molar-refractivity contribution in [2.45, 2.75) is 45.6 Å². The van der Waals surface area contributed by atoms with Crippen LogP contribution < -0.4 is 5.32 Å². The molecule has 0 aliphatic heterocycles. The van der Waals surface area contributed by atoms with Crippen LogP contribution in [0.3, 0.4) is 0 Å². The molecule has 1 amide bonds. The van der Waals surface area contributed by atoms with E-state index < -0.39 is 12.0 Å². The van der Waals surface area contributed by atoms with E-state index >= 15 is 0 Å². The number of aryl methyl sites for hydroxylation is 1. The van der Waals surface area contributed by atoms with Crippen LogP contribution in [-0.2, 0) is 9.59 Å². The Balaban J connectivity index is 2.74. The second-order valence-electron chi connectivity index (χ2n) is 4.73. The van der Waals surface area contributed by atoms with E-state index in [1.165, 1.54) is 0 Å². The molecule has 4 heteroatoms. The van der Waals surface area contributed by atoms with Gasteiger partial charge in [0.1, 0.15) is 0 Å². The summed E-state index contributed by atoms with van der Waals surface area (Å²) in [5.41, 5.74) is 1.94. The summed E-state index contributed by atoms with van der Waals surface area (Å²) in [6.45, 7) is 3.98. The number of benzene rings is 1. The zero-order valence-corrected chi connectivity index (χ0v) is 11.5. The summed E-state index contributed by atoms with van der Waals surface area (Å²) in [5.74, 6) is -1.00. The minimum absolute atomic E-state index is 0.0892. The lowest BCUT2D eigenvalue weighted by Gasteiger charge is -2.17. The fourth-order valence-corrected chi connectivity index (χ4v) is 1.83. The molecule has 0 bridgehead atoms. The summed E-state index contributed by atoms with van der Waals surface area (Å²) in [6.07, 6.45) is 2.11. The van der Waals surface area contributed by atoms with Crippen molar-refractivity contribution in [1.82, 2.24) is 5.32 Å². The van der Waals surface area contributed by atoms with Crippen LogP contribution in [0.2, 0.25) is 0 Å². The molecule has 4 nitrogen and oxygen atoms in total. The molecule has 19 heavy (non-hydrogen) atoms. The number of carboxylic acid groups (broad SMARTS) is 1. The van der Waals surface area contributed by atoms with E-state index in [0.29, 0.717) is 6.42 Å². The smallest absolute Gasteiger partial charge is 0.305 e. The van der Waals surface area contributed by atoms with Crippen molar-refractivity contribution >= 4 is 11.9 Å². The normalized spacial score (nSPS) is 11.9. The maximum absolute atomic E-state index is 11.7. The number of carboxylic acids is 1. The average Bonchev–Trinajstić information content (AvgIpc) is 2.36. The van der Waals surface area contributed by atoms with Gasteiger partial charge in [0.15, 0.2) is 0 Å². The summed E-state index contributed by atoms with van der Waals surface area (Å²) in [5, 5.41) is 11.7. The van der Waals surface area contributed by atoms with E-state index in [1.54, 1.807) is 0 Å². The summed E-state index contributed by atoms with van der Waals surface area (Å²) < 4.78 is 0. The third-order valence-corrected chi connectivity index (χ3v) is 2.95. The first-order valence-electron chi connectivity index (χ1n) is 6.60. The standard InChI is InChI=1S/C15H21NO3/c1-3-4-5-14(17)16-13(10-15(18)19)12-8-6-11(2)7-9-12/h6-9,13H,3-5,10H2,1-2H3,(H,16,17)(H,18,19)/t13-/m0/s1. The van der Waals surface area contributed by atoms with Crippen LogP contribution in [0.4, 0.5) is 0 Å². The molecule has 0 heterocycles. The lowest BCUT2D eigenvalue weighted by molar-refractivity contribution is -0.137. The minimum atomic E-state index is -0.915. The SMILES string of the molecule is CCCCC(=O)N[C@@H](CC(=O)O)c1ccc(C)cc1. The van der Waals surface area contributed by atoms with Gasteiger partial charge in [-0.15, -0.1) is 0 Å². The Morgan fingerprint density at radius 3 is 2.42 bits per heavy atom. The molecule has 1 aromatic carbocycles. The Labute approximate surface area is 113 Å². The lowest BCUT2D eigenvalue weighted by atomic mass is 10.0. The molecule has 104 valence electrons. The number of unbranched alkanes of at least 4 members (excludes halogenated alkanes) is 1. The van der Waals surface area contributed by atoms with E-state index in [4.69, 9.17) is 5.11 Å². The summed E-state index contributed by atoms with van der Waals surface area (Å²) in [6, 6.07) is 7.11. The van der Waals surface area contributed by atoms with Crippen molar-refractivity contribution in [3.8, 4) is 0 Å². The molecule has 0 aromatic heterocycles. The third kappa shape index (κ3) is 5.55. The number of aliphatic carboxylic acids is 1. The second kappa shape index (κ2) is 7.56. The summed E-state index contributed by atoms with van der Waals surface area (Å²) in [4.78, 5) is 22.6. The van der Waals surface area contributed by atoms with Gasteiger partial charge < -0.3 is 10.4 Å². The highest BCUT2D eigenvalue weighted by Gasteiger charge is 2.17. The van der Waals surface area contributed by atoms with Gasteiger partial charge in [-0.3, -0.25) is 9.59 Å². The number of carbonyl (C=O) groups is 2. The molecule has 0 aliphatic carbocycles. The molecule has 0 saturated carbocycles. The van der Waals surface area contributed by atoms with Crippen LogP contribution >= 0.6 is 0 Å². The first-order valence-corrected chi connectivity index (χ1v) is 6.60. The van der Waals surface area contributed by atoms with E-state index in [0.717, 1.165) is 24.0 Å². The van der Waals surface area contributed by atoms with Crippen LogP contribution in [-0.4, -0.2) is 17.0 Å². The predicted molar refractivity (Wildman–Crippen MR) is 73.8 cm³/mol. The first-order chi connectivity index (χ1) is 9.02. The van der Waals surface area contributed by atoms with Crippen LogP contribution in [0.1, 0.15) is 49.8 Å². The fourth-order valence-electron chi connectivity index (χ4n) is 1.83. The summed E-state index contributed by atoms with van der Waals surface area (Å²) >= 11 is 0. The highest BCUT2D eigenvalue weighted by Crippen LogP contribution is 2.18. The number of hydrogen-bond acceptors (Lipinski definition) is 2. The Hall–Kier alpha value is -1.84. The van der Waals surface area contributed by atoms with Crippen LogP contribution in [0, 0.1) is 6.92 Å². The number of hydrogen-bond donors (Lipinski definition) is 2. The van der Waals surface area contributed by atoms with Gasteiger partial charge in [-0.25, -0.2) is 0 Å². The molecule has 1 atom stereocenters. The molecule has 0 radical (unpaired) electrons. The van der Waals surface area contributed by atoms with E-state index in [-0.39, 0.29) is 12.3 Å². The Kier molecular flexibility index (Phi) is 6.06. The van der Waals surface area contributed by atoms with E-state index in [2.05, 4.69) is 5.32 Å². The van der Waals surface area contributed by atoms with Crippen molar-refractivity contribution in [3.63, 3.8) is 0 Å². The number of amides is 1. The Morgan fingerprint density at radius 2 is 1.89 bits per heavy atom. The van der Waals surface area contributed by atoms with E-state index in [1.807, 2.05) is 38.1 Å². The maximum Gasteiger partial charge on any atom is 0.305 e. The van der Waals surface area contributed by atoms with Gasteiger partial charge in [0.25, 0.3) is 0 Å². The van der Waals surface area contributed by atoms with Gasteiger partial charge in [0, 0.05) is 6.42 Å². The van der Waals surface area contributed by atoms with Crippen molar-refractivity contribution < 1.29 is 14.7 Å². The predicted octanol–water partition coefficient (Wildman–Crippen LogP) is 2.82. The largest absolute Gasteiger partial charge is 0.481 e. The second-order valence-corrected chi connectivity index (χ2v) is 4.73. The topological polar surface area (TPSA) is 66.4 Å². The van der Waals surface area contributed by atoms with Crippen molar-refractivity contribution in [2.75, 3.05) is 0 Å². The quantitative estimate of drug-likeness (QED) is 0.795. The maximum atomic E-state index is 11.7. The molecular formula is C15H21NO3. The zero-order chi connectivity index (χ0) is 14.3. The van der Waals surface area contributed by atoms with Gasteiger partial charge in [-0.2, -0.15) is 0 Å². The molecule has 0 fully saturated rings. The first kappa shape index (κ1) is 15.2. The van der Waals surface area contributed by atoms with Crippen LogP contribution in [0.15, 0.2) is 24.3 Å². The number of carbonyl (C=O) groups excluding carboxylic acids is 1. The third-order valence-electron chi connectivity index (χ3n) is 2.95. The van der Waals surface area contributed by atoms with Crippen molar-refractivity contribution in [3.05, 3.63) is 35.4 Å². The molecule has 0 saturated heterocycles. The van der Waals surface area contributed by atoms with Crippen LogP contribution in [0.25, 0.3) is 0 Å². The zero-order valence-electron chi connectivity index (χ0n) is 11.5.